The molecule has 1 unspecified atom stereocenters. The SMILES string of the molecule is CCCCCCC(C)Nc1cc(C(=O)O)c([N+](=O)[O-])cn1. The first-order valence-electron chi connectivity index (χ1n) is 7.10. The summed E-state index contributed by atoms with van der Waals surface area (Å²) >= 11 is 0. The molecule has 0 radical (unpaired) electrons. The monoisotopic (exact) mass is 295 g/mol. The van der Waals surface area contributed by atoms with Crippen LogP contribution in [0.5, 0.6) is 0 Å². The quantitative estimate of drug-likeness (QED) is 0.410. The standard InChI is InChI=1S/C14H21N3O4/c1-3-4-5-6-7-10(2)16-13-8-11(14(18)19)12(9-15-13)17(20)21/h8-10H,3-7H2,1-2H3,(H,15,16)(H,18,19). The summed E-state index contributed by atoms with van der Waals surface area (Å²) in [5.41, 5.74) is -0.848. The number of anilines is 1. The maximum atomic E-state index is 11.0. The van der Waals surface area contributed by atoms with E-state index in [2.05, 4.69) is 17.2 Å². The second-order valence-electron chi connectivity index (χ2n) is 5.04. The van der Waals surface area contributed by atoms with Gasteiger partial charge >= 0.3 is 11.7 Å². The van der Waals surface area contributed by atoms with Crippen LogP contribution in [0.15, 0.2) is 12.3 Å². The first-order valence-corrected chi connectivity index (χ1v) is 7.10. The molecule has 0 spiro atoms. The fourth-order valence-electron chi connectivity index (χ4n) is 2.05. The molecule has 116 valence electrons. The van der Waals surface area contributed by atoms with Crippen molar-refractivity contribution in [1.29, 1.82) is 0 Å². The maximum Gasteiger partial charge on any atom is 0.342 e. The van der Waals surface area contributed by atoms with Crippen LogP contribution in [0.4, 0.5) is 11.5 Å². The molecule has 21 heavy (non-hydrogen) atoms. The Morgan fingerprint density at radius 2 is 2.19 bits per heavy atom. The summed E-state index contributed by atoms with van der Waals surface area (Å²) < 4.78 is 0. The average Bonchev–Trinajstić information content (AvgIpc) is 2.43. The van der Waals surface area contributed by atoms with E-state index in [0.29, 0.717) is 5.82 Å². The second-order valence-corrected chi connectivity index (χ2v) is 5.04. The minimum atomic E-state index is -1.33. The molecular formula is C14H21N3O4. The Morgan fingerprint density at radius 1 is 1.48 bits per heavy atom. The van der Waals surface area contributed by atoms with E-state index in [4.69, 9.17) is 5.11 Å². The molecule has 0 bridgehead atoms. The Kier molecular flexibility index (Phi) is 6.58. The Hall–Kier alpha value is -2.18. The number of aromatic nitrogens is 1. The minimum absolute atomic E-state index is 0.137. The molecule has 7 heteroatoms. The van der Waals surface area contributed by atoms with Gasteiger partial charge in [-0.15, -0.1) is 0 Å². The third-order valence-electron chi connectivity index (χ3n) is 3.20. The van der Waals surface area contributed by atoms with Crippen LogP contribution >= 0.6 is 0 Å². The van der Waals surface area contributed by atoms with Gasteiger partial charge < -0.3 is 10.4 Å². The molecule has 7 nitrogen and oxygen atoms in total. The number of carbonyl (C=O) groups is 1. The molecule has 2 N–H and O–H groups in total. The molecule has 0 amide bonds. The van der Waals surface area contributed by atoms with E-state index in [9.17, 15) is 14.9 Å². The summed E-state index contributed by atoms with van der Waals surface area (Å²) in [4.78, 5) is 25.0. The third-order valence-corrected chi connectivity index (χ3v) is 3.20. The molecule has 1 aromatic rings. The number of nitro groups is 1. The highest BCUT2D eigenvalue weighted by atomic mass is 16.6. The Balaban J connectivity index is 2.69. The van der Waals surface area contributed by atoms with Gasteiger partial charge in [-0.25, -0.2) is 9.78 Å². The van der Waals surface area contributed by atoms with Crippen LogP contribution in [0.25, 0.3) is 0 Å². The minimum Gasteiger partial charge on any atom is -0.477 e. The summed E-state index contributed by atoms with van der Waals surface area (Å²) in [7, 11) is 0. The number of aromatic carboxylic acids is 1. The lowest BCUT2D eigenvalue weighted by atomic mass is 10.1. The molecule has 0 aliphatic carbocycles. The van der Waals surface area contributed by atoms with Crippen molar-refractivity contribution in [2.24, 2.45) is 0 Å². The van der Waals surface area contributed by atoms with Crippen molar-refractivity contribution in [3.05, 3.63) is 27.9 Å². The lowest BCUT2D eigenvalue weighted by Gasteiger charge is -2.14. The van der Waals surface area contributed by atoms with Gasteiger partial charge in [-0.1, -0.05) is 32.6 Å². The summed E-state index contributed by atoms with van der Waals surface area (Å²) in [5, 5.41) is 22.8. The van der Waals surface area contributed by atoms with Crippen LogP contribution in [0, 0.1) is 10.1 Å². The number of hydrogen-bond donors (Lipinski definition) is 2. The van der Waals surface area contributed by atoms with Crippen LogP contribution in [-0.2, 0) is 0 Å². The maximum absolute atomic E-state index is 11.0. The van der Waals surface area contributed by atoms with Crippen molar-refractivity contribution in [1.82, 2.24) is 4.98 Å². The van der Waals surface area contributed by atoms with E-state index in [1.54, 1.807) is 0 Å². The van der Waals surface area contributed by atoms with Gasteiger partial charge in [0, 0.05) is 12.1 Å². The molecule has 1 heterocycles. The van der Waals surface area contributed by atoms with Crippen LogP contribution < -0.4 is 5.32 Å². The lowest BCUT2D eigenvalue weighted by molar-refractivity contribution is -0.385. The number of rotatable bonds is 9. The molecule has 1 rings (SSSR count). The van der Waals surface area contributed by atoms with Crippen LogP contribution in [0.1, 0.15) is 56.3 Å². The molecule has 0 fully saturated rings. The summed E-state index contributed by atoms with van der Waals surface area (Å²) in [6, 6.07) is 1.35. The van der Waals surface area contributed by atoms with Gasteiger partial charge in [-0.05, 0) is 13.3 Å². The fourth-order valence-corrected chi connectivity index (χ4v) is 2.05. The van der Waals surface area contributed by atoms with Gasteiger partial charge in [0.25, 0.3) is 0 Å². The van der Waals surface area contributed by atoms with E-state index < -0.39 is 16.6 Å². The molecule has 0 aliphatic rings. The van der Waals surface area contributed by atoms with Crippen molar-refractivity contribution in [3.8, 4) is 0 Å². The normalized spacial score (nSPS) is 11.9. The number of nitrogens with one attached hydrogen (secondary N) is 1. The van der Waals surface area contributed by atoms with Crippen molar-refractivity contribution in [2.45, 2.75) is 52.0 Å². The molecule has 0 saturated heterocycles. The van der Waals surface area contributed by atoms with Gasteiger partial charge in [0.1, 0.15) is 17.6 Å². The molecule has 0 aromatic carbocycles. The highest BCUT2D eigenvalue weighted by molar-refractivity contribution is 5.93. The van der Waals surface area contributed by atoms with E-state index in [1.165, 1.54) is 18.9 Å². The molecule has 0 saturated carbocycles. The lowest BCUT2D eigenvalue weighted by Crippen LogP contribution is -2.16. The van der Waals surface area contributed by atoms with Gasteiger partial charge in [-0.3, -0.25) is 10.1 Å². The van der Waals surface area contributed by atoms with Gasteiger partial charge in [0.05, 0.1) is 4.92 Å². The van der Waals surface area contributed by atoms with Gasteiger partial charge in [0.15, 0.2) is 0 Å². The largest absolute Gasteiger partial charge is 0.477 e. The van der Waals surface area contributed by atoms with Crippen molar-refractivity contribution < 1.29 is 14.8 Å². The third kappa shape index (κ3) is 5.37. The number of unbranched alkanes of at least 4 members (excludes halogenated alkanes) is 3. The first-order chi connectivity index (χ1) is 9.95. The highest BCUT2D eigenvalue weighted by Gasteiger charge is 2.21. The topological polar surface area (TPSA) is 105 Å². The number of pyridine rings is 1. The molecular weight excluding hydrogens is 274 g/mol. The van der Waals surface area contributed by atoms with E-state index in [-0.39, 0.29) is 11.6 Å². The fraction of sp³-hybridized carbons (Fsp3) is 0.571. The predicted molar refractivity (Wildman–Crippen MR) is 79.7 cm³/mol. The van der Waals surface area contributed by atoms with E-state index in [1.807, 2.05) is 6.92 Å². The predicted octanol–water partition coefficient (Wildman–Crippen LogP) is 3.46. The Bertz CT molecular complexity index is 505. The smallest absolute Gasteiger partial charge is 0.342 e. The number of hydrogen-bond acceptors (Lipinski definition) is 5. The zero-order valence-corrected chi connectivity index (χ0v) is 12.3. The Labute approximate surface area is 123 Å². The summed E-state index contributed by atoms with van der Waals surface area (Å²) in [5.74, 6) is -0.983. The van der Waals surface area contributed by atoms with E-state index in [0.717, 1.165) is 25.5 Å². The van der Waals surface area contributed by atoms with Gasteiger partial charge in [-0.2, -0.15) is 0 Å². The second kappa shape index (κ2) is 8.18. The van der Waals surface area contributed by atoms with Gasteiger partial charge in [0.2, 0.25) is 0 Å². The highest BCUT2D eigenvalue weighted by Crippen LogP contribution is 2.21. The van der Waals surface area contributed by atoms with Crippen molar-refractivity contribution in [2.75, 3.05) is 5.32 Å². The van der Waals surface area contributed by atoms with Crippen LogP contribution in [0.2, 0.25) is 0 Å². The summed E-state index contributed by atoms with van der Waals surface area (Å²) in [6.45, 7) is 4.13. The molecule has 1 atom stereocenters. The molecule has 0 aliphatic heterocycles. The van der Waals surface area contributed by atoms with Crippen LogP contribution in [0.3, 0.4) is 0 Å². The first kappa shape index (κ1) is 16.9. The molecule has 1 aromatic heterocycles. The zero-order valence-electron chi connectivity index (χ0n) is 12.3. The number of nitrogens with zero attached hydrogens (tertiary/aromatic N) is 2. The zero-order chi connectivity index (χ0) is 15.8. The number of carboxylic acids is 1. The van der Waals surface area contributed by atoms with Crippen molar-refractivity contribution >= 4 is 17.5 Å². The van der Waals surface area contributed by atoms with Crippen molar-refractivity contribution in [3.63, 3.8) is 0 Å². The average molecular weight is 295 g/mol. The van der Waals surface area contributed by atoms with Crippen LogP contribution in [-0.4, -0.2) is 27.0 Å². The van der Waals surface area contributed by atoms with E-state index >= 15 is 0 Å². The number of carboxylic acid groups (broad SMARTS) is 1. The summed E-state index contributed by atoms with van der Waals surface area (Å²) in [6.07, 6.45) is 6.55. The Morgan fingerprint density at radius 3 is 2.76 bits per heavy atom.